The van der Waals surface area contributed by atoms with Gasteiger partial charge in [0.2, 0.25) is 0 Å². The third-order valence-corrected chi connectivity index (χ3v) is 4.46. The van der Waals surface area contributed by atoms with Crippen LogP contribution in [0.1, 0.15) is 0 Å². The SMILES string of the molecule is NP(N)(=S)n1ccnc1.NP(N)(=S)n1ccnn1. The number of aromatic nitrogens is 5. The Morgan fingerprint density at radius 2 is 1.61 bits per heavy atom. The second-order valence-electron chi connectivity index (χ2n) is 3.11. The van der Waals surface area contributed by atoms with Crippen LogP contribution in [0.25, 0.3) is 0 Å². The van der Waals surface area contributed by atoms with Gasteiger partial charge in [0.1, 0.15) is 6.33 Å². The molecule has 0 unspecified atom stereocenters. The van der Waals surface area contributed by atoms with E-state index in [1.165, 1.54) is 17.0 Å². The Morgan fingerprint density at radius 3 is 1.83 bits per heavy atom. The van der Waals surface area contributed by atoms with Crippen LogP contribution in [-0.4, -0.2) is 24.1 Å². The van der Waals surface area contributed by atoms with E-state index in [9.17, 15) is 0 Å². The highest BCUT2D eigenvalue weighted by Gasteiger charge is 2.04. The average Bonchev–Trinajstić information content (AvgIpc) is 2.91. The monoisotopic (exact) mass is 325 g/mol. The summed E-state index contributed by atoms with van der Waals surface area (Å²) in [5, 5.41) is 7.05. The largest absolute Gasteiger partial charge is 0.286 e. The highest BCUT2D eigenvalue weighted by Crippen LogP contribution is 2.26. The first-order valence-corrected chi connectivity index (χ1v) is 10.2. The van der Waals surface area contributed by atoms with E-state index in [4.69, 9.17) is 45.6 Å². The second kappa shape index (κ2) is 6.09. The Labute approximate surface area is 114 Å². The van der Waals surface area contributed by atoms with Crippen LogP contribution < -0.4 is 22.0 Å². The van der Waals surface area contributed by atoms with Crippen LogP contribution in [0.5, 0.6) is 0 Å². The van der Waals surface area contributed by atoms with Crippen LogP contribution in [0, 0.1) is 0 Å². The third kappa shape index (κ3) is 5.01. The molecule has 0 aromatic carbocycles. The number of hydrogen-bond acceptors (Lipinski definition) is 5. The molecule has 0 atom stereocenters. The van der Waals surface area contributed by atoms with Crippen molar-refractivity contribution in [2.24, 2.45) is 22.0 Å². The van der Waals surface area contributed by atoms with Gasteiger partial charge in [-0.25, -0.2) is 4.98 Å². The maximum absolute atomic E-state index is 5.43. The molecular weight excluding hydrogens is 312 g/mol. The van der Waals surface area contributed by atoms with E-state index in [1.807, 2.05) is 0 Å². The van der Waals surface area contributed by atoms with Gasteiger partial charge >= 0.3 is 0 Å². The Kier molecular flexibility index (Phi) is 5.26. The van der Waals surface area contributed by atoms with E-state index in [1.54, 1.807) is 22.9 Å². The van der Waals surface area contributed by atoms with Gasteiger partial charge in [-0.2, -0.15) is 4.45 Å². The molecule has 9 nitrogen and oxygen atoms in total. The van der Waals surface area contributed by atoms with Gasteiger partial charge < -0.3 is 0 Å². The predicted molar refractivity (Wildman–Crippen MR) is 78.4 cm³/mol. The molecule has 18 heavy (non-hydrogen) atoms. The lowest BCUT2D eigenvalue weighted by molar-refractivity contribution is 0.873. The van der Waals surface area contributed by atoms with Crippen molar-refractivity contribution in [1.29, 1.82) is 0 Å². The topological polar surface area (TPSA) is 153 Å². The van der Waals surface area contributed by atoms with E-state index >= 15 is 0 Å². The molecule has 8 N–H and O–H groups in total. The highest BCUT2D eigenvalue weighted by atomic mass is 32.5. The van der Waals surface area contributed by atoms with Gasteiger partial charge in [-0.3, -0.25) is 26.4 Å². The van der Waals surface area contributed by atoms with Crippen LogP contribution in [0.4, 0.5) is 0 Å². The maximum atomic E-state index is 5.43. The first-order chi connectivity index (χ1) is 8.21. The molecule has 0 aliphatic carbocycles. The van der Waals surface area contributed by atoms with E-state index in [-0.39, 0.29) is 0 Å². The molecular formula is C5H13N9P2S2. The lowest BCUT2D eigenvalue weighted by atomic mass is 11.0. The summed E-state index contributed by atoms with van der Waals surface area (Å²) in [5.74, 6) is 0. The highest BCUT2D eigenvalue weighted by molar-refractivity contribution is 8.11. The number of nitrogens with two attached hydrogens (primary N) is 4. The third-order valence-electron chi connectivity index (χ3n) is 1.58. The molecule has 13 heteroatoms. The van der Waals surface area contributed by atoms with Gasteiger partial charge in [-0.05, 0) is 23.6 Å². The van der Waals surface area contributed by atoms with Gasteiger partial charge in [0, 0.05) is 12.4 Å². The van der Waals surface area contributed by atoms with Crippen molar-refractivity contribution in [3.05, 3.63) is 31.1 Å². The quantitative estimate of drug-likeness (QED) is 0.517. The molecule has 0 saturated heterocycles. The van der Waals surface area contributed by atoms with Gasteiger partial charge in [0.05, 0.1) is 12.4 Å². The fraction of sp³-hybridized carbons (Fsp3) is 0. The maximum Gasteiger partial charge on any atom is 0.180 e. The Balaban J connectivity index is 0.000000180. The van der Waals surface area contributed by atoms with Crippen LogP contribution >= 0.6 is 13.0 Å². The summed E-state index contributed by atoms with van der Waals surface area (Å²) in [4.78, 5) is 3.75. The van der Waals surface area contributed by atoms with Crippen LogP contribution in [-0.2, 0) is 23.6 Å². The summed E-state index contributed by atoms with van der Waals surface area (Å²) in [6.07, 6.45) is 7.84. The number of imidazole rings is 1. The van der Waals surface area contributed by atoms with Crippen molar-refractivity contribution in [2.45, 2.75) is 0 Å². The lowest BCUT2D eigenvalue weighted by Gasteiger charge is -2.09. The minimum Gasteiger partial charge on any atom is -0.286 e. The van der Waals surface area contributed by atoms with Crippen LogP contribution in [0.15, 0.2) is 31.1 Å². The smallest absolute Gasteiger partial charge is 0.180 e. The molecule has 100 valence electrons. The van der Waals surface area contributed by atoms with Crippen molar-refractivity contribution in [3.63, 3.8) is 0 Å². The van der Waals surface area contributed by atoms with Crippen molar-refractivity contribution in [1.82, 2.24) is 24.1 Å². The normalized spacial score (nSPS) is 11.8. The zero-order valence-electron chi connectivity index (χ0n) is 9.14. The summed E-state index contributed by atoms with van der Waals surface area (Å²) < 4.78 is 2.87. The van der Waals surface area contributed by atoms with Crippen molar-refractivity contribution >= 4 is 36.6 Å². The fourth-order valence-electron chi connectivity index (χ4n) is 0.806. The first kappa shape index (κ1) is 15.5. The summed E-state index contributed by atoms with van der Waals surface area (Å²) in [7, 11) is 0. The van der Waals surface area contributed by atoms with Gasteiger partial charge in [-0.1, -0.05) is 5.21 Å². The van der Waals surface area contributed by atoms with E-state index in [0.29, 0.717) is 0 Å². The molecule has 0 saturated carbocycles. The van der Waals surface area contributed by atoms with Gasteiger partial charge in [0.25, 0.3) is 0 Å². The molecule has 2 aromatic heterocycles. The number of hydrogen-bond donors (Lipinski definition) is 4. The summed E-state index contributed by atoms with van der Waals surface area (Å²) in [6, 6.07) is 0. The van der Waals surface area contributed by atoms with Crippen molar-refractivity contribution in [2.75, 3.05) is 0 Å². The molecule has 0 amide bonds. The molecule has 2 aromatic rings. The van der Waals surface area contributed by atoms with E-state index in [2.05, 4.69) is 15.3 Å². The summed E-state index contributed by atoms with van der Waals surface area (Å²) >= 11 is 9.53. The van der Waals surface area contributed by atoms with Crippen molar-refractivity contribution in [3.8, 4) is 0 Å². The molecule has 0 bridgehead atoms. The zero-order valence-corrected chi connectivity index (χ0v) is 12.6. The molecule has 0 aliphatic heterocycles. The zero-order chi connectivity index (χ0) is 13.8. The number of nitrogens with zero attached hydrogens (tertiary/aromatic N) is 5. The van der Waals surface area contributed by atoms with E-state index < -0.39 is 13.0 Å². The lowest BCUT2D eigenvalue weighted by Crippen LogP contribution is -2.13. The minimum atomic E-state index is -2.39. The molecule has 0 radical (unpaired) electrons. The second-order valence-corrected chi connectivity index (χ2v) is 10.2. The standard InChI is InChI=1S/C3H7N4PS.C2H6N5PS/c4-8(5,9)7-2-1-6-3-7;3-8(4,9)7-2-1-5-6-7/h1-3H,(H4,4,5,9);1-2H,(H4,3,4,9). The Hall–Kier alpha value is -0.510. The fourth-order valence-corrected chi connectivity index (χ4v) is 2.29. The summed E-state index contributed by atoms with van der Waals surface area (Å²) in [6.45, 7) is -4.68. The van der Waals surface area contributed by atoms with Gasteiger partial charge in [-0.15, -0.1) is 5.10 Å². The Morgan fingerprint density at radius 1 is 0.944 bits per heavy atom. The predicted octanol–water partition coefficient (Wildman–Crippen LogP) is -0.859. The Bertz CT molecular complexity index is 500. The van der Waals surface area contributed by atoms with Gasteiger partial charge in [0.15, 0.2) is 13.0 Å². The van der Waals surface area contributed by atoms with E-state index in [0.717, 1.165) is 0 Å². The molecule has 2 rings (SSSR count). The summed E-state index contributed by atoms with van der Waals surface area (Å²) in [5.41, 5.74) is 21.6. The molecule has 0 spiro atoms. The molecule has 2 heterocycles. The average molecular weight is 325 g/mol. The molecule has 0 aliphatic rings. The minimum absolute atomic E-state index is 1.31. The first-order valence-electron chi connectivity index (χ1n) is 4.41. The van der Waals surface area contributed by atoms with Crippen LogP contribution in [0.2, 0.25) is 0 Å². The van der Waals surface area contributed by atoms with Crippen LogP contribution in [0.3, 0.4) is 0 Å². The number of rotatable bonds is 2. The molecule has 0 fully saturated rings. The van der Waals surface area contributed by atoms with Crippen molar-refractivity contribution < 1.29 is 0 Å².